The molecule has 16 heavy (non-hydrogen) atoms. The first-order valence-electron chi connectivity index (χ1n) is 6.78. The van der Waals surface area contributed by atoms with Crippen LogP contribution in [0.2, 0.25) is 0 Å². The van der Waals surface area contributed by atoms with Gasteiger partial charge in [-0.15, -0.1) is 0 Å². The number of hydrogen-bond acceptors (Lipinski definition) is 1. The standard InChI is InChI=1S/C14H23NO/c1-14(2)12-4-3-11(13(14)9-12)10-15-5-7-16-8-6-15/h3,12-13H,4-10H2,1-2H3/p+1/t12-,13-/m0/s1. The maximum absolute atomic E-state index is 5.43. The summed E-state index contributed by atoms with van der Waals surface area (Å²) in [6.07, 6.45) is 5.35. The quantitative estimate of drug-likeness (QED) is 0.685. The smallest absolute Gasteiger partial charge is 0.101 e. The van der Waals surface area contributed by atoms with E-state index in [1.165, 1.54) is 32.5 Å². The van der Waals surface area contributed by atoms with Crippen LogP contribution in [-0.4, -0.2) is 32.8 Å². The van der Waals surface area contributed by atoms with Gasteiger partial charge >= 0.3 is 0 Å². The summed E-state index contributed by atoms with van der Waals surface area (Å²) in [7, 11) is 0. The number of rotatable bonds is 2. The van der Waals surface area contributed by atoms with E-state index in [1.54, 1.807) is 10.5 Å². The fraction of sp³-hybridized carbons (Fsp3) is 0.857. The Kier molecular flexibility index (Phi) is 2.60. The third-order valence-corrected chi connectivity index (χ3v) is 5.24. The first-order valence-corrected chi connectivity index (χ1v) is 6.78. The zero-order valence-electron chi connectivity index (χ0n) is 10.6. The topological polar surface area (TPSA) is 13.7 Å². The molecule has 0 aromatic carbocycles. The molecule has 3 aliphatic carbocycles. The highest BCUT2D eigenvalue weighted by Gasteiger charge is 2.51. The molecule has 1 N–H and O–H groups in total. The van der Waals surface area contributed by atoms with Crippen molar-refractivity contribution in [2.24, 2.45) is 17.3 Å². The molecule has 0 aromatic rings. The molecule has 1 aliphatic heterocycles. The van der Waals surface area contributed by atoms with Crippen LogP contribution in [-0.2, 0) is 4.74 Å². The second-order valence-corrected chi connectivity index (χ2v) is 6.36. The lowest BCUT2D eigenvalue weighted by Crippen LogP contribution is -3.14. The third kappa shape index (κ3) is 1.63. The molecule has 90 valence electrons. The largest absolute Gasteiger partial charge is 0.370 e. The van der Waals surface area contributed by atoms with Crippen LogP contribution in [0.1, 0.15) is 26.7 Å². The van der Waals surface area contributed by atoms with E-state index in [9.17, 15) is 0 Å². The molecule has 2 fully saturated rings. The Labute approximate surface area is 98.6 Å². The zero-order chi connectivity index (χ0) is 11.2. The van der Waals surface area contributed by atoms with Gasteiger partial charge in [0.2, 0.25) is 0 Å². The maximum Gasteiger partial charge on any atom is 0.101 e. The van der Waals surface area contributed by atoms with Crippen LogP contribution >= 0.6 is 0 Å². The Balaban J connectivity index is 1.65. The van der Waals surface area contributed by atoms with Crippen LogP contribution in [0.5, 0.6) is 0 Å². The molecular weight excluding hydrogens is 198 g/mol. The molecule has 4 aliphatic rings. The Morgan fingerprint density at radius 3 is 2.75 bits per heavy atom. The van der Waals surface area contributed by atoms with Crippen molar-refractivity contribution in [1.82, 2.24) is 0 Å². The van der Waals surface area contributed by atoms with E-state index in [4.69, 9.17) is 4.74 Å². The van der Waals surface area contributed by atoms with Crippen LogP contribution in [0, 0.1) is 17.3 Å². The lowest BCUT2D eigenvalue weighted by atomic mass is 9.49. The maximum atomic E-state index is 5.43. The number of quaternary nitrogens is 1. The minimum Gasteiger partial charge on any atom is -0.370 e. The normalized spacial score (nSPS) is 37.8. The second-order valence-electron chi connectivity index (χ2n) is 6.36. The van der Waals surface area contributed by atoms with Crippen molar-refractivity contribution >= 4 is 0 Å². The minimum absolute atomic E-state index is 0.593. The summed E-state index contributed by atoms with van der Waals surface area (Å²) in [6.45, 7) is 10.5. The number of ether oxygens (including phenoxy) is 1. The van der Waals surface area contributed by atoms with Gasteiger partial charge in [-0.05, 0) is 35.7 Å². The average molecular weight is 222 g/mol. The van der Waals surface area contributed by atoms with E-state index in [0.29, 0.717) is 5.41 Å². The molecule has 0 radical (unpaired) electrons. The fourth-order valence-corrected chi connectivity index (χ4v) is 3.80. The van der Waals surface area contributed by atoms with E-state index < -0.39 is 0 Å². The molecule has 0 amide bonds. The van der Waals surface area contributed by atoms with Crippen LogP contribution in [0.3, 0.4) is 0 Å². The van der Waals surface area contributed by atoms with Crippen LogP contribution in [0.25, 0.3) is 0 Å². The van der Waals surface area contributed by atoms with Crippen molar-refractivity contribution in [3.63, 3.8) is 0 Å². The van der Waals surface area contributed by atoms with Crippen LogP contribution < -0.4 is 4.90 Å². The van der Waals surface area contributed by atoms with Crippen molar-refractivity contribution in [3.05, 3.63) is 11.6 Å². The summed E-state index contributed by atoms with van der Waals surface area (Å²) >= 11 is 0. The third-order valence-electron chi connectivity index (χ3n) is 5.24. The SMILES string of the molecule is CC1(C)[C@H]2CC=C(C[NH+]3CCOCC3)[C@@H]1C2. The first-order chi connectivity index (χ1) is 7.68. The lowest BCUT2D eigenvalue weighted by molar-refractivity contribution is -0.903. The summed E-state index contributed by atoms with van der Waals surface area (Å²) in [5.74, 6) is 1.86. The molecule has 0 unspecified atom stereocenters. The van der Waals surface area contributed by atoms with E-state index in [-0.39, 0.29) is 0 Å². The van der Waals surface area contributed by atoms with Crippen LogP contribution in [0.4, 0.5) is 0 Å². The molecule has 2 atom stereocenters. The molecule has 2 nitrogen and oxygen atoms in total. The molecule has 4 rings (SSSR count). The van der Waals surface area contributed by atoms with Crippen molar-refractivity contribution in [3.8, 4) is 0 Å². The van der Waals surface area contributed by atoms with Gasteiger partial charge in [0.1, 0.15) is 13.1 Å². The summed E-state index contributed by atoms with van der Waals surface area (Å²) in [4.78, 5) is 1.73. The summed E-state index contributed by atoms with van der Waals surface area (Å²) in [6, 6.07) is 0. The van der Waals surface area contributed by atoms with Gasteiger partial charge < -0.3 is 9.64 Å². The molecule has 0 spiro atoms. The molecule has 0 aromatic heterocycles. The second kappa shape index (κ2) is 3.85. The first kappa shape index (κ1) is 10.8. The van der Waals surface area contributed by atoms with Gasteiger partial charge in [0.05, 0.1) is 19.8 Å². The van der Waals surface area contributed by atoms with Gasteiger partial charge in [0, 0.05) is 0 Å². The Morgan fingerprint density at radius 2 is 2.12 bits per heavy atom. The number of nitrogens with one attached hydrogen (secondary N) is 1. The molecule has 1 heterocycles. The fourth-order valence-electron chi connectivity index (χ4n) is 3.80. The van der Waals surface area contributed by atoms with Gasteiger partial charge in [0.25, 0.3) is 0 Å². The van der Waals surface area contributed by atoms with Crippen LogP contribution in [0.15, 0.2) is 11.6 Å². The molecular formula is C14H24NO+. The molecule has 1 saturated carbocycles. The average Bonchev–Trinajstić information content (AvgIpc) is 2.30. The predicted octanol–water partition coefficient (Wildman–Crippen LogP) is 0.894. The zero-order valence-corrected chi connectivity index (χ0v) is 10.6. The van der Waals surface area contributed by atoms with Crippen molar-refractivity contribution in [2.75, 3.05) is 32.8 Å². The van der Waals surface area contributed by atoms with E-state index >= 15 is 0 Å². The lowest BCUT2D eigenvalue weighted by Gasteiger charge is -2.56. The van der Waals surface area contributed by atoms with E-state index in [0.717, 1.165) is 25.0 Å². The minimum atomic E-state index is 0.593. The molecule has 2 bridgehead atoms. The molecule has 1 saturated heterocycles. The van der Waals surface area contributed by atoms with Gasteiger partial charge in [0.15, 0.2) is 0 Å². The summed E-state index contributed by atoms with van der Waals surface area (Å²) < 4.78 is 5.43. The predicted molar refractivity (Wildman–Crippen MR) is 64.5 cm³/mol. The highest BCUT2D eigenvalue weighted by molar-refractivity contribution is 5.23. The highest BCUT2D eigenvalue weighted by atomic mass is 16.5. The number of morpholine rings is 1. The van der Waals surface area contributed by atoms with Gasteiger partial charge in [-0.3, -0.25) is 0 Å². The van der Waals surface area contributed by atoms with Crippen molar-refractivity contribution in [1.29, 1.82) is 0 Å². The van der Waals surface area contributed by atoms with Crippen molar-refractivity contribution in [2.45, 2.75) is 26.7 Å². The Morgan fingerprint density at radius 1 is 1.38 bits per heavy atom. The molecule has 2 heteroatoms. The number of hydrogen-bond donors (Lipinski definition) is 1. The number of fused-ring (bicyclic) bond motifs is 1. The number of allylic oxidation sites excluding steroid dienone is 1. The van der Waals surface area contributed by atoms with Gasteiger partial charge in [-0.2, -0.15) is 0 Å². The Hall–Kier alpha value is -0.340. The van der Waals surface area contributed by atoms with Gasteiger partial charge in [-0.1, -0.05) is 19.9 Å². The van der Waals surface area contributed by atoms with Crippen molar-refractivity contribution < 1.29 is 9.64 Å². The summed E-state index contributed by atoms with van der Waals surface area (Å²) in [5, 5.41) is 0. The monoisotopic (exact) mass is 222 g/mol. The van der Waals surface area contributed by atoms with E-state index in [2.05, 4.69) is 19.9 Å². The van der Waals surface area contributed by atoms with Gasteiger partial charge in [-0.25, -0.2) is 0 Å². The highest BCUT2D eigenvalue weighted by Crippen LogP contribution is 2.58. The Bertz CT molecular complexity index is 302. The van der Waals surface area contributed by atoms with E-state index in [1.807, 2.05) is 0 Å². The summed E-state index contributed by atoms with van der Waals surface area (Å²) in [5.41, 5.74) is 2.35.